The van der Waals surface area contributed by atoms with E-state index in [0.29, 0.717) is 0 Å². The average molecular weight is 129 g/mol. The van der Waals surface area contributed by atoms with Crippen LogP contribution in [0.3, 0.4) is 0 Å². The lowest BCUT2D eigenvalue weighted by molar-refractivity contribution is 0.932. The maximum Gasteiger partial charge on any atom is 0.0442 e. The number of hydrogen-bond donors (Lipinski definition) is 0. The third kappa shape index (κ3) is 6.22. The van der Waals surface area contributed by atoms with Gasteiger partial charge in [-0.15, -0.1) is 0 Å². The van der Waals surface area contributed by atoms with Crippen LogP contribution in [0.2, 0.25) is 25.7 Å². The summed E-state index contributed by atoms with van der Waals surface area (Å²) in [6.45, 7) is 11.0. The van der Waals surface area contributed by atoms with E-state index in [9.17, 15) is 0 Å². The van der Waals surface area contributed by atoms with E-state index >= 15 is 0 Å². The fourth-order valence-electron chi connectivity index (χ4n) is 0.655. The molecule has 0 unspecified atom stereocenters. The van der Waals surface area contributed by atoms with E-state index in [2.05, 4.69) is 26.6 Å². The minimum absolute atomic E-state index is 0.718. The average Bonchev–Trinajstić information content (AvgIpc) is 1.59. The standard InChI is InChI=1S/C7H17Si/c1-5-6-7-8(2,3)4/h1,5-7H2,2-4H3. The summed E-state index contributed by atoms with van der Waals surface area (Å²) < 4.78 is 0. The molecule has 0 bridgehead atoms. The van der Waals surface area contributed by atoms with Gasteiger partial charge in [-0.25, -0.2) is 0 Å². The zero-order valence-corrected chi connectivity index (χ0v) is 7.33. The molecule has 0 aliphatic carbocycles. The van der Waals surface area contributed by atoms with Crippen molar-refractivity contribution in [1.82, 2.24) is 0 Å². The van der Waals surface area contributed by atoms with E-state index in [0.717, 1.165) is 6.42 Å². The van der Waals surface area contributed by atoms with Gasteiger partial charge in [0.1, 0.15) is 0 Å². The maximum absolute atomic E-state index is 3.81. The lowest BCUT2D eigenvalue weighted by Gasteiger charge is -2.13. The Kier molecular flexibility index (Phi) is 3.37. The summed E-state index contributed by atoms with van der Waals surface area (Å²) >= 11 is 0. The molecule has 8 heavy (non-hydrogen) atoms. The molecule has 0 atom stereocenters. The van der Waals surface area contributed by atoms with Gasteiger partial charge >= 0.3 is 0 Å². The van der Waals surface area contributed by atoms with E-state index in [4.69, 9.17) is 0 Å². The van der Waals surface area contributed by atoms with E-state index in [1.165, 1.54) is 12.5 Å². The molecule has 0 aromatic heterocycles. The summed E-state index contributed by atoms with van der Waals surface area (Å²) in [4.78, 5) is 0. The van der Waals surface area contributed by atoms with Gasteiger partial charge < -0.3 is 0 Å². The molecule has 1 heteroatoms. The van der Waals surface area contributed by atoms with Crippen LogP contribution < -0.4 is 0 Å². The number of unbranched alkanes of at least 4 members (excludes halogenated alkanes) is 1. The van der Waals surface area contributed by atoms with E-state index in [1.54, 1.807) is 0 Å². The quantitative estimate of drug-likeness (QED) is 0.514. The number of hydrogen-bond acceptors (Lipinski definition) is 0. The second kappa shape index (κ2) is 3.28. The molecule has 49 valence electrons. The summed E-state index contributed by atoms with van der Waals surface area (Å²) in [6, 6.07) is 1.44. The van der Waals surface area contributed by atoms with Crippen LogP contribution >= 0.6 is 0 Å². The molecule has 0 saturated carbocycles. The van der Waals surface area contributed by atoms with Gasteiger partial charge in [-0.2, -0.15) is 0 Å². The van der Waals surface area contributed by atoms with Crippen molar-refractivity contribution in [3.8, 4) is 0 Å². The first-order valence-corrected chi connectivity index (χ1v) is 7.06. The molecular formula is C7H17Si. The molecule has 0 N–H and O–H groups in total. The van der Waals surface area contributed by atoms with Crippen LogP contribution in [0, 0.1) is 6.92 Å². The van der Waals surface area contributed by atoms with Gasteiger partial charge in [0.15, 0.2) is 0 Å². The lowest BCUT2D eigenvalue weighted by Crippen LogP contribution is -2.18. The molecule has 0 aromatic rings. The van der Waals surface area contributed by atoms with Crippen LogP contribution in [-0.2, 0) is 0 Å². The highest BCUT2D eigenvalue weighted by Crippen LogP contribution is 2.11. The third-order valence-electron chi connectivity index (χ3n) is 1.18. The molecule has 1 radical (unpaired) electrons. The van der Waals surface area contributed by atoms with Crippen molar-refractivity contribution >= 4 is 8.07 Å². The molecule has 0 saturated heterocycles. The van der Waals surface area contributed by atoms with Crippen LogP contribution in [0.1, 0.15) is 12.8 Å². The van der Waals surface area contributed by atoms with Crippen LogP contribution in [0.25, 0.3) is 0 Å². The Labute approximate surface area is 54.3 Å². The lowest BCUT2D eigenvalue weighted by atomic mass is 10.4. The minimum atomic E-state index is -0.718. The zero-order valence-electron chi connectivity index (χ0n) is 6.33. The fourth-order valence-corrected chi connectivity index (χ4v) is 1.97. The van der Waals surface area contributed by atoms with E-state index in [-0.39, 0.29) is 0 Å². The normalized spacial score (nSPS) is 12.0. The summed E-state index contributed by atoms with van der Waals surface area (Å²) in [5.74, 6) is 0. The largest absolute Gasteiger partial charge is 0.0695 e. The van der Waals surface area contributed by atoms with Gasteiger partial charge in [-0.05, 0) is 0 Å². The highest BCUT2D eigenvalue weighted by molar-refractivity contribution is 6.76. The molecule has 0 aromatic carbocycles. The van der Waals surface area contributed by atoms with Crippen molar-refractivity contribution in [2.75, 3.05) is 0 Å². The molecule has 0 spiro atoms. The van der Waals surface area contributed by atoms with Crippen LogP contribution in [0.4, 0.5) is 0 Å². The van der Waals surface area contributed by atoms with Crippen molar-refractivity contribution in [1.29, 1.82) is 0 Å². The Hall–Kier alpha value is 0.217. The smallest absolute Gasteiger partial charge is 0.0442 e. The first-order valence-electron chi connectivity index (χ1n) is 3.35. The first kappa shape index (κ1) is 8.22. The maximum atomic E-state index is 3.81. The van der Waals surface area contributed by atoms with Gasteiger partial charge in [0.2, 0.25) is 0 Å². The van der Waals surface area contributed by atoms with Crippen LogP contribution in [-0.4, -0.2) is 8.07 Å². The molecule has 0 nitrogen and oxygen atoms in total. The van der Waals surface area contributed by atoms with Crippen LogP contribution in [0.15, 0.2) is 0 Å². The SMILES string of the molecule is [CH2]CCC[Si](C)(C)C. The highest BCUT2D eigenvalue weighted by Gasteiger charge is 2.10. The van der Waals surface area contributed by atoms with E-state index < -0.39 is 8.07 Å². The monoisotopic (exact) mass is 129 g/mol. The molecule has 0 aliphatic rings. The van der Waals surface area contributed by atoms with Gasteiger partial charge in [0.05, 0.1) is 0 Å². The number of rotatable bonds is 3. The second-order valence-electron chi connectivity index (χ2n) is 3.52. The summed E-state index contributed by atoms with van der Waals surface area (Å²) in [6.07, 6.45) is 2.44. The minimum Gasteiger partial charge on any atom is -0.0695 e. The Morgan fingerprint density at radius 1 is 1.25 bits per heavy atom. The Balaban J connectivity index is 3.11. The van der Waals surface area contributed by atoms with Crippen LogP contribution in [0.5, 0.6) is 0 Å². The highest BCUT2D eigenvalue weighted by atomic mass is 28.3. The van der Waals surface area contributed by atoms with Crippen molar-refractivity contribution in [3.63, 3.8) is 0 Å². The Morgan fingerprint density at radius 2 is 1.75 bits per heavy atom. The Morgan fingerprint density at radius 3 is 1.88 bits per heavy atom. The molecule has 0 aliphatic heterocycles. The van der Waals surface area contributed by atoms with Gasteiger partial charge in [-0.1, -0.05) is 45.5 Å². The molecule has 0 fully saturated rings. The van der Waals surface area contributed by atoms with Gasteiger partial charge in [-0.3, -0.25) is 0 Å². The summed E-state index contributed by atoms with van der Waals surface area (Å²) in [7, 11) is -0.718. The van der Waals surface area contributed by atoms with Crippen molar-refractivity contribution in [3.05, 3.63) is 6.92 Å². The van der Waals surface area contributed by atoms with Gasteiger partial charge in [0.25, 0.3) is 0 Å². The fraction of sp³-hybridized carbons (Fsp3) is 0.857. The second-order valence-corrected chi connectivity index (χ2v) is 9.14. The molecule has 0 amide bonds. The Bertz CT molecular complexity index is 51.9. The molecule has 0 heterocycles. The van der Waals surface area contributed by atoms with Crippen molar-refractivity contribution in [2.45, 2.75) is 38.5 Å². The summed E-state index contributed by atoms with van der Waals surface area (Å²) in [5, 5.41) is 0. The van der Waals surface area contributed by atoms with Gasteiger partial charge in [0, 0.05) is 8.07 Å². The predicted octanol–water partition coefficient (Wildman–Crippen LogP) is 2.94. The van der Waals surface area contributed by atoms with Crippen molar-refractivity contribution < 1.29 is 0 Å². The topological polar surface area (TPSA) is 0 Å². The molecule has 0 rings (SSSR count). The predicted molar refractivity (Wildman–Crippen MR) is 42.7 cm³/mol. The van der Waals surface area contributed by atoms with E-state index in [1.807, 2.05) is 0 Å². The van der Waals surface area contributed by atoms with Crippen molar-refractivity contribution in [2.24, 2.45) is 0 Å². The molecular weight excluding hydrogens is 112 g/mol. The summed E-state index contributed by atoms with van der Waals surface area (Å²) in [5.41, 5.74) is 0. The zero-order chi connectivity index (χ0) is 6.62. The first-order chi connectivity index (χ1) is 3.56. The third-order valence-corrected chi connectivity index (χ3v) is 3.03.